The van der Waals surface area contributed by atoms with Crippen molar-refractivity contribution in [1.29, 1.82) is 0 Å². The van der Waals surface area contributed by atoms with Gasteiger partial charge in [-0.3, -0.25) is 4.90 Å². The summed E-state index contributed by atoms with van der Waals surface area (Å²) in [6.45, 7) is 3.48. The Labute approximate surface area is 175 Å². The van der Waals surface area contributed by atoms with Crippen LogP contribution in [0.4, 0.5) is 0 Å². The van der Waals surface area contributed by atoms with Gasteiger partial charge in [0.2, 0.25) is 0 Å². The number of nitrogens with zero attached hydrogens (tertiary/aromatic N) is 1. The Morgan fingerprint density at radius 2 is 1.52 bits per heavy atom. The first kappa shape index (κ1) is 18.8. The van der Waals surface area contributed by atoms with Crippen molar-refractivity contribution in [3.8, 4) is 0 Å². The molecule has 0 aromatic heterocycles. The molecule has 3 fully saturated rings. The van der Waals surface area contributed by atoms with Gasteiger partial charge in [-0.1, -0.05) is 78.9 Å². The number of benzene rings is 2. The van der Waals surface area contributed by atoms with E-state index in [1.807, 2.05) is 0 Å². The fourth-order valence-corrected chi connectivity index (χ4v) is 5.73. The Bertz CT molecular complexity index is 807. The van der Waals surface area contributed by atoms with Gasteiger partial charge in [0, 0.05) is 24.5 Å². The van der Waals surface area contributed by atoms with Crippen molar-refractivity contribution in [2.45, 2.75) is 43.7 Å². The van der Waals surface area contributed by atoms with Crippen molar-refractivity contribution in [3.63, 3.8) is 0 Å². The predicted octanol–water partition coefficient (Wildman–Crippen LogP) is 5.15. The molecular formula is C27H32N2. The lowest BCUT2D eigenvalue weighted by Gasteiger charge is -2.54. The molecule has 1 N–H and O–H groups in total. The SMILES string of the molecule is C1=CC(CNC2C3CCN(CC3)C2C(c2ccccc2)c2ccccc2)=CCC1. The number of nitrogens with one attached hydrogen (secondary N) is 1. The van der Waals surface area contributed by atoms with Gasteiger partial charge in [-0.15, -0.1) is 0 Å². The van der Waals surface area contributed by atoms with E-state index in [1.165, 1.54) is 55.5 Å². The largest absolute Gasteiger partial charge is 0.308 e. The van der Waals surface area contributed by atoms with E-state index < -0.39 is 0 Å². The molecule has 2 nitrogen and oxygen atoms in total. The summed E-state index contributed by atoms with van der Waals surface area (Å²) >= 11 is 0. The lowest BCUT2D eigenvalue weighted by atomic mass is 9.70. The average Bonchev–Trinajstić information content (AvgIpc) is 2.81. The first-order valence-corrected chi connectivity index (χ1v) is 11.3. The van der Waals surface area contributed by atoms with Crippen LogP contribution in [0.25, 0.3) is 0 Å². The van der Waals surface area contributed by atoms with Crippen LogP contribution in [0.5, 0.6) is 0 Å². The quantitative estimate of drug-likeness (QED) is 0.741. The van der Waals surface area contributed by atoms with Gasteiger partial charge in [0.25, 0.3) is 0 Å². The van der Waals surface area contributed by atoms with E-state index in [0.717, 1.165) is 12.5 Å². The smallest absolute Gasteiger partial charge is 0.0361 e. The highest BCUT2D eigenvalue weighted by Gasteiger charge is 2.46. The van der Waals surface area contributed by atoms with Gasteiger partial charge in [0.05, 0.1) is 0 Å². The van der Waals surface area contributed by atoms with Gasteiger partial charge in [-0.2, -0.15) is 0 Å². The van der Waals surface area contributed by atoms with E-state index in [0.29, 0.717) is 18.0 Å². The summed E-state index contributed by atoms with van der Waals surface area (Å²) in [5.41, 5.74) is 4.35. The van der Waals surface area contributed by atoms with Gasteiger partial charge in [-0.25, -0.2) is 0 Å². The molecule has 3 heterocycles. The molecule has 2 aromatic rings. The molecule has 2 bridgehead atoms. The Morgan fingerprint density at radius 1 is 0.862 bits per heavy atom. The van der Waals surface area contributed by atoms with Gasteiger partial charge in [0.1, 0.15) is 0 Å². The molecule has 2 heteroatoms. The minimum absolute atomic E-state index is 0.411. The third-order valence-corrected chi connectivity index (χ3v) is 7.14. The second-order valence-corrected chi connectivity index (χ2v) is 8.83. The second kappa shape index (κ2) is 8.69. The maximum absolute atomic E-state index is 4.03. The summed E-state index contributed by atoms with van der Waals surface area (Å²) in [6.07, 6.45) is 12.1. The number of hydrogen-bond acceptors (Lipinski definition) is 2. The number of piperidine rings is 3. The molecule has 3 saturated heterocycles. The van der Waals surface area contributed by atoms with E-state index in [1.54, 1.807) is 0 Å². The molecule has 2 atom stereocenters. The van der Waals surface area contributed by atoms with Crippen molar-refractivity contribution >= 4 is 0 Å². The molecule has 0 radical (unpaired) electrons. The van der Waals surface area contributed by atoms with Crippen LogP contribution in [0.2, 0.25) is 0 Å². The highest BCUT2D eigenvalue weighted by atomic mass is 15.2. The van der Waals surface area contributed by atoms with Crippen molar-refractivity contribution < 1.29 is 0 Å². The van der Waals surface area contributed by atoms with Crippen LogP contribution in [0.3, 0.4) is 0 Å². The molecule has 150 valence electrons. The maximum atomic E-state index is 4.03. The summed E-state index contributed by atoms with van der Waals surface area (Å²) in [6, 6.07) is 23.4. The molecule has 6 rings (SSSR count). The van der Waals surface area contributed by atoms with Gasteiger partial charge < -0.3 is 5.32 Å². The summed E-state index contributed by atoms with van der Waals surface area (Å²) < 4.78 is 0. The summed E-state index contributed by atoms with van der Waals surface area (Å²) in [5.74, 6) is 1.20. The van der Waals surface area contributed by atoms with Gasteiger partial charge in [-0.05, 0) is 61.4 Å². The molecule has 0 saturated carbocycles. The normalized spacial score (nSPS) is 28.5. The number of allylic oxidation sites excluding steroid dienone is 2. The van der Waals surface area contributed by atoms with E-state index in [9.17, 15) is 0 Å². The minimum atomic E-state index is 0.411. The zero-order valence-corrected chi connectivity index (χ0v) is 17.2. The first-order valence-electron chi connectivity index (χ1n) is 11.3. The molecule has 3 aliphatic heterocycles. The molecule has 1 aliphatic carbocycles. The van der Waals surface area contributed by atoms with E-state index in [2.05, 4.69) is 89.1 Å². The minimum Gasteiger partial charge on any atom is -0.308 e. The predicted molar refractivity (Wildman–Crippen MR) is 121 cm³/mol. The van der Waals surface area contributed by atoms with Crippen LogP contribution in [0, 0.1) is 5.92 Å². The van der Waals surface area contributed by atoms with Crippen LogP contribution in [-0.4, -0.2) is 36.6 Å². The molecule has 0 spiro atoms. The van der Waals surface area contributed by atoms with Gasteiger partial charge in [0.15, 0.2) is 0 Å². The summed E-state index contributed by atoms with van der Waals surface area (Å²) in [4.78, 5) is 2.77. The number of fused-ring (bicyclic) bond motifs is 3. The van der Waals surface area contributed by atoms with Crippen LogP contribution >= 0.6 is 0 Å². The highest BCUT2D eigenvalue weighted by Crippen LogP contribution is 2.42. The van der Waals surface area contributed by atoms with Crippen LogP contribution in [0.15, 0.2) is 84.5 Å². The molecule has 29 heavy (non-hydrogen) atoms. The van der Waals surface area contributed by atoms with Crippen molar-refractivity contribution in [1.82, 2.24) is 10.2 Å². The third-order valence-electron chi connectivity index (χ3n) is 7.14. The van der Waals surface area contributed by atoms with Gasteiger partial charge >= 0.3 is 0 Å². The number of hydrogen-bond donors (Lipinski definition) is 1. The monoisotopic (exact) mass is 384 g/mol. The van der Waals surface area contributed by atoms with Crippen LogP contribution in [0.1, 0.15) is 42.7 Å². The Morgan fingerprint density at radius 3 is 2.10 bits per heavy atom. The summed E-state index contributed by atoms with van der Waals surface area (Å²) in [7, 11) is 0. The van der Waals surface area contributed by atoms with Crippen LogP contribution < -0.4 is 5.32 Å². The Hall–Kier alpha value is -2.16. The van der Waals surface area contributed by atoms with Crippen molar-refractivity contribution in [2.75, 3.05) is 19.6 Å². The topological polar surface area (TPSA) is 15.3 Å². The Kier molecular flexibility index (Phi) is 5.64. The molecule has 2 unspecified atom stereocenters. The third kappa shape index (κ3) is 3.97. The molecular weight excluding hydrogens is 352 g/mol. The summed E-state index contributed by atoms with van der Waals surface area (Å²) in [5, 5.41) is 4.03. The van der Waals surface area contributed by atoms with Crippen LogP contribution in [-0.2, 0) is 0 Å². The zero-order valence-electron chi connectivity index (χ0n) is 17.2. The lowest BCUT2D eigenvalue weighted by Crippen LogP contribution is -2.64. The van der Waals surface area contributed by atoms with E-state index in [-0.39, 0.29) is 0 Å². The lowest BCUT2D eigenvalue weighted by molar-refractivity contribution is 0.00657. The second-order valence-electron chi connectivity index (χ2n) is 8.83. The van der Waals surface area contributed by atoms with E-state index >= 15 is 0 Å². The number of rotatable bonds is 6. The zero-order chi connectivity index (χ0) is 19.5. The fourth-order valence-electron chi connectivity index (χ4n) is 5.73. The first-order chi connectivity index (χ1) is 14.4. The molecule has 0 amide bonds. The van der Waals surface area contributed by atoms with Crippen molar-refractivity contribution in [2.24, 2.45) is 5.92 Å². The standard InChI is InChI=1S/C27H32N2/c1-4-10-21(11-5-1)20-28-26-24-16-18-29(19-17-24)27(26)25(22-12-6-2-7-13-22)23-14-8-3-9-15-23/h2-4,6-15,24-28H,1,5,16-20H2. The molecule has 4 aliphatic rings. The molecule has 2 aromatic carbocycles. The average molecular weight is 385 g/mol. The van der Waals surface area contributed by atoms with E-state index in [4.69, 9.17) is 0 Å². The fraction of sp³-hybridized carbons (Fsp3) is 0.407. The Balaban J connectivity index is 1.48. The maximum Gasteiger partial charge on any atom is 0.0361 e. The van der Waals surface area contributed by atoms with Crippen molar-refractivity contribution in [3.05, 3.63) is 95.6 Å². The highest BCUT2D eigenvalue weighted by molar-refractivity contribution is 5.36.